The van der Waals surface area contributed by atoms with Crippen molar-refractivity contribution in [1.82, 2.24) is 5.06 Å². The summed E-state index contributed by atoms with van der Waals surface area (Å²) in [5.74, 6) is 0.118. The highest BCUT2D eigenvalue weighted by Crippen LogP contribution is 2.36. The van der Waals surface area contributed by atoms with Gasteiger partial charge in [-0.1, -0.05) is 25.5 Å². The molecule has 2 amide bonds. The number of fused-ring (bicyclic) bond motifs is 1. The van der Waals surface area contributed by atoms with Crippen molar-refractivity contribution in [3.63, 3.8) is 0 Å². The number of carbonyl (C=O) groups is 5. The average Bonchev–Trinajstić information content (AvgIpc) is 3.47. The van der Waals surface area contributed by atoms with Gasteiger partial charge in [-0.2, -0.15) is 0 Å². The van der Waals surface area contributed by atoms with Crippen molar-refractivity contribution >= 4 is 51.5 Å². The fourth-order valence-corrected chi connectivity index (χ4v) is 4.95. The molecule has 1 aliphatic heterocycles. The fourth-order valence-electron chi connectivity index (χ4n) is 3.91. The number of hydroxylamine groups is 2. The fraction of sp³-hybridized carbons (Fsp3) is 0.464. The molecule has 11 heteroatoms. The van der Waals surface area contributed by atoms with Crippen LogP contribution in [0.5, 0.6) is 11.5 Å². The van der Waals surface area contributed by atoms with Crippen LogP contribution in [-0.2, 0) is 24.0 Å². The van der Waals surface area contributed by atoms with Crippen LogP contribution in [0.3, 0.4) is 0 Å². The Bertz CT molecular complexity index is 1130. The van der Waals surface area contributed by atoms with Crippen LogP contribution in [0.1, 0.15) is 74.4 Å². The minimum atomic E-state index is -0.970. The smallest absolute Gasteiger partial charge is 0.321 e. The Balaban J connectivity index is 0.000000233. The minimum absolute atomic E-state index is 0.0103. The molecule has 39 heavy (non-hydrogen) atoms. The van der Waals surface area contributed by atoms with Crippen molar-refractivity contribution in [3.8, 4) is 11.5 Å². The SMILES string of the molecule is COc1cc2cc(C(=O)CCC(=O)O)sc2cc1OC.C[C@@H]1CC/C=C/CCC1.O=CON1C(=O)CCC1=O. The Morgan fingerprint density at radius 1 is 1.00 bits per heavy atom. The van der Waals surface area contributed by atoms with Crippen LogP contribution >= 0.6 is 11.3 Å². The van der Waals surface area contributed by atoms with E-state index in [0.29, 0.717) is 21.4 Å². The lowest BCUT2D eigenvalue weighted by Crippen LogP contribution is -2.28. The number of hydrogen-bond acceptors (Lipinski definition) is 9. The predicted octanol–water partition coefficient (Wildman–Crippen LogP) is 5.33. The topological polar surface area (TPSA) is 137 Å². The van der Waals surface area contributed by atoms with Gasteiger partial charge in [0, 0.05) is 30.0 Å². The molecule has 0 unspecified atom stereocenters. The van der Waals surface area contributed by atoms with Gasteiger partial charge in [0.1, 0.15) is 0 Å². The molecular weight excluding hydrogens is 526 g/mol. The van der Waals surface area contributed by atoms with E-state index in [0.717, 1.165) is 16.0 Å². The number of thiophene rings is 1. The Morgan fingerprint density at radius 3 is 2.26 bits per heavy atom. The van der Waals surface area contributed by atoms with Crippen LogP contribution in [0.25, 0.3) is 10.1 Å². The molecule has 0 spiro atoms. The van der Waals surface area contributed by atoms with Crippen LogP contribution in [0.15, 0.2) is 30.4 Å². The molecule has 0 radical (unpaired) electrons. The summed E-state index contributed by atoms with van der Waals surface area (Å²) in [6.45, 7) is 2.42. The van der Waals surface area contributed by atoms with Gasteiger partial charge in [-0.25, -0.2) is 0 Å². The number of ether oxygens (including phenoxy) is 2. The lowest BCUT2D eigenvalue weighted by atomic mass is 9.96. The zero-order chi connectivity index (χ0) is 28.8. The highest BCUT2D eigenvalue weighted by atomic mass is 32.1. The number of methoxy groups -OCH3 is 2. The van der Waals surface area contributed by atoms with Gasteiger partial charge in [-0.05, 0) is 49.1 Å². The third kappa shape index (κ3) is 10.2. The first-order valence-corrected chi connectivity index (χ1v) is 13.5. The molecular formula is C28H35NO9S. The number of amides is 2. The van der Waals surface area contributed by atoms with Crippen LogP contribution in [-0.4, -0.2) is 54.4 Å². The number of rotatable bonds is 8. The first-order valence-electron chi connectivity index (χ1n) is 12.7. The van der Waals surface area contributed by atoms with Crippen molar-refractivity contribution in [2.75, 3.05) is 14.2 Å². The van der Waals surface area contributed by atoms with E-state index >= 15 is 0 Å². The lowest BCUT2D eigenvalue weighted by Gasteiger charge is -2.10. The Hall–Kier alpha value is -3.73. The van der Waals surface area contributed by atoms with E-state index in [2.05, 4.69) is 23.9 Å². The normalized spacial score (nSPS) is 17.5. The highest BCUT2D eigenvalue weighted by Gasteiger charge is 2.30. The van der Waals surface area contributed by atoms with E-state index < -0.39 is 17.8 Å². The first kappa shape index (κ1) is 31.5. The Morgan fingerprint density at radius 2 is 1.64 bits per heavy atom. The van der Waals surface area contributed by atoms with Crippen molar-refractivity contribution in [2.24, 2.45) is 5.92 Å². The zero-order valence-corrected chi connectivity index (χ0v) is 23.3. The number of carboxylic acid groups (broad SMARTS) is 1. The quantitative estimate of drug-likeness (QED) is 0.196. The molecule has 1 aromatic carbocycles. The van der Waals surface area contributed by atoms with Crippen molar-refractivity contribution in [3.05, 3.63) is 35.2 Å². The zero-order valence-electron chi connectivity index (χ0n) is 22.5. The summed E-state index contributed by atoms with van der Waals surface area (Å²) in [6.07, 6.45) is 11.6. The summed E-state index contributed by atoms with van der Waals surface area (Å²) < 4.78 is 11.3. The number of Topliss-reactive ketones (excluding diaryl/α,β-unsaturated/α-hetero) is 1. The molecule has 1 N–H and O–H groups in total. The molecule has 1 aliphatic carbocycles. The third-order valence-electron chi connectivity index (χ3n) is 6.08. The van der Waals surface area contributed by atoms with E-state index in [9.17, 15) is 24.0 Å². The molecule has 1 fully saturated rings. The number of aliphatic carboxylic acids is 1. The van der Waals surface area contributed by atoms with Crippen molar-refractivity contribution in [1.29, 1.82) is 0 Å². The van der Waals surface area contributed by atoms with E-state index in [4.69, 9.17) is 14.6 Å². The van der Waals surface area contributed by atoms with Gasteiger partial charge < -0.3 is 19.4 Å². The maximum Gasteiger partial charge on any atom is 0.321 e. The maximum atomic E-state index is 11.9. The Labute approximate surface area is 231 Å². The summed E-state index contributed by atoms with van der Waals surface area (Å²) in [6, 6.07) is 5.37. The largest absolute Gasteiger partial charge is 0.493 e. The first-order chi connectivity index (χ1) is 18.7. The van der Waals surface area contributed by atoms with E-state index in [1.807, 2.05) is 6.07 Å². The molecule has 4 rings (SSSR count). The molecule has 0 saturated carbocycles. The van der Waals surface area contributed by atoms with Crippen LogP contribution < -0.4 is 9.47 Å². The summed E-state index contributed by atoms with van der Waals surface area (Å²) in [4.78, 5) is 57.9. The molecule has 1 atom stereocenters. The average molecular weight is 562 g/mol. The Kier molecular flexibility index (Phi) is 13.1. The number of nitrogens with zero attached hydrogens (tertiary/aromatic N) is 1. The molecule has 2 heterocycles. The van der Waals surface area contributed by atoms with Gasteiger partial charge in [0.2, 0.25) is 0 Å². The maximum absolute atomic E-state index is 11.9. The molecule has 1 aromatic heterocycles. The lowest BCUT2D eigenvalue weighted by molar-refractivity contribution is -0.188. The van der Waals surface area contributed by atoms with Gasteiger partial charge in [0.25, 0.3) is 11.8 Å². The van der Waals surface area contributed by atoms with E-state index in [1.165, 1.54) is 43.4 Å². The van der Waals surface area contributed by atoms with Crippen LogP contribution in [0.2, 0.25) is 0 Å². The molecule has 10 nitrogen and oxygen atoms in total. The summed E-state index contributed by atoms with van der Waals surface area (Å²) >= 11 is 1.33. The van der Waals surface area contributed by atoms with Gasteiger partial charge in [-0.15, -0.1) is 16.4 Å². The number of hydrogen-bond donors (Lipinski definition) is 1. The van der Waals surface area contributed by atoms with Crippen molar-refractivity contribution in [2.45, 2.75) is 64.7 Å². The summed E-state index contributed by atoms with van der Waals surface area (Å²) in [5.41, 5.74) is 0. The predicted molar refractivity (Wildman–Crippen MR) is 146 cm³/mol. The second-order valence-corrected chi connectivity index (χ2v) is 10.1. The molecule has 2 aromatic rings. The second-order valence-electron chi connectivity index (χ2n) is 9.04. The number of allylic oxidation sites excluding steroid dienone is 2. The van der Waals surface area contributed by atoms with Crippen LogP contribution in [0.4, 0.5) is 0 Å². The number of ketones is 1. The summed E-state index contributed by atoms with van der Waals surface area (Å²) in [7, 11) is 3.10. The van der Waals surface area contributed by atoms with Crippen LogP contribution in [0, 0.1) is 5.92 Å². The van der Waals surface area contributed by atoms with Gasteiger partial charge >= 0.3 is 12.4 Å². The monoisotopic (exact) mass is 561 g/mol. The number of imide groups is 1. The minimum Gasteiger partial charge on any atom is -0.493 e. The highest BCUT2D eigenvalue weighted by molar-refractivity contribution is 7.20. The standard InChI is InChI=1S/C14H14O5S.C9H16.C5H5NO4/c1-18-10-5-8-6-13(9(15)3-4-14(16)17)20-12(8)7-11(10)19-2;1-9-7-5-3-2-4-6-8-9;7-3-10-6-4(8)1-2-5(6)9/h5-7H,3-4H2,1-2H3,(H,16,17);2-3,9H,4-8H2,1H3;3H,1-2H2/b;3-2+;/t;9-;/m.1./s1. The second kappa shape index (κ2) is 16.3. The number of benzene rings is 1. The molecule has 212 valence electrons. The van der Waals surface area contributed by atoms with Gasteiger partial charge in [-0.3, -0.25) is 24.0 Å². The summed E-state index contributed by atoms with van der Waals surface area (Å²) in [5, 5.41) is 9.96. The number of carboxylic acids is 1. The van der Waals surface area contributed by atoms with E-state index in [1.54, 1.807) is 26.4 Å². The van der Waals surface area contributed by atoms with E-state index in [-0.39, 0.29) is 37.9 Å². The third-order valence-corrected chi connectivity index (χ3v) is 7.22. The van der Waals surface area contributed by atoms with Gasteiger partial charge in [0.05, 0.1) is 25.5 Å². The van der Waals surface area contributed by atoms with Crippen molar-refractivity contribution < 1.29 is 43.4 Å². The van der Waals surface area contributed by atoms with Gasteiger partial charge in [0.15, 0.2) is 17.3 Å². The number of carbonyl (C=O) groups excluding carboxylic acids is 4. The molecule has 1 saturated heterocycles. The molecule has 0 bridgehead atoms. The molecule has 2 aliphatic rings.